The van der Waals surface area contributed by atoms with Gasteiger partial charge in [-0.25, -0.2) is 0 Å². The summed E-state index contributed by atoms with van der Waals surface area (Å²) in [6.45, 7) is 2.20. The molecule has 2 N–H and O–H groups in total. The minimum Gasteiger partial charge on any atom is -0.480 e. The van der Waals surface area contributed by atoms with Gasteiger partial charge in [0.2, 0.25) is 11.8 Å². The van der Waals surface area contributed by atoms with Crippen molar-refractivity contribution in [1.29, 1.82) is 0 Å². The van der Waals surface area contributed by atoms with E-state index < -0.39 is 17.9 Å². The molecule has 6 nitrogen and oxygen atoms in total. The van der Waals surface area contributed by atoms with Gasteiger partial charge < -0.3 is 15.3 Å². The van der Waals surface area contributed by atoms with Crippen molar-refractivity contribution in [1.82, 2.24) is 10.2 Å². The van der Waals surface area contributed by atoms with Crippen LogP contribution in [0.2, 0.25) is 0 Å². The van der Waals surface area contributed by atoms with Crippen LogP contribution in [0.1, 0.15) is 18.9 Å². The molecule has 1 saturated heterocycles. The highest BCUT2D eigenvalue weighted by molar-refractivity contribution is 5.91. The van der Waals surface area contributed by atoms with Crippen LogP contribution >= 0.6 is 0 Å². The number of aliphatic carboxylic acids is 1. The Labute approximate surface area is 122 Å². The van der Waals surface area contributed by atoms with Crippen molar-refractivity contribution >= 4 is 17.8 Å². The SMILES string of the molecule is CC(NC(=O)C1CC(=O)N(Cc2ccccc2)C1)C(=O)O. The number of carbonyl (C=O) groups excluding carboxylic acids is 2. The predicted molar refractivity (Wildman–Crippen MR) is 75.2 cm³/mol. The molecule has 2 unspecified atom stereocenters. The van der Waals surface area contributed by atoms with Gasteiger partial charge in [-0.3, -0.25) is 14.4 Å². The van der Waals surface area contributed by atoms with Gasteiger partial charge in [-0.2, -0.15) is 0 Å². The Morgan fingerprint density at radius 3 is 2.67 bits per heavy atom. The zero-order valence-electron chi connectivity index (χ0n) is 11.8. The average Bonchev–Trinajstić information content (AvgIpc) is 2.81. The van der Waals surface area contributed by atoms with Crippen molar-refractivity contribution in [3.8, 4) is 0 Å². The third-order valence-corrected chi connectivity index (χ3v) is 3.53. The Balaban J connectivity index is 1.93. The molecule has 2 rings (SSSR count). The van der Waals surface area contributed by atoms with Crippen molar-refractivity contribution in [2.24, 2.45) is 5.92 Å². The number of amides is 2. The highest BCUT2D eigenvalue weighted by atomic mass is 16.4. The second kappa shape index (κ2) is 6.39. The van der Waals surface area contributed by atoms with Crippen LogP contribution in [0.15, 0.2) is 30.3 Å². The fourth-order valence-corrected chi connectivity index (χ4v) is 2.30. The number of rotatable bonds is 5. The van der Waals surface area contributed by atoms with Crippen LogP contribution in [0.25, 0.3) is 0 Å². The monoisotopic (exact) mass is 290 g/mol. The first-order valence-electron chi connectivity index (χ1n) is 6.82. The summed E-state index contributed by atoms with van der Waals surface area (Å²) in [5, 5.41) is 11.2. The van der Waals surface area contributed by atoms with Gasteiger partial charge in [0.15, 0.2) is 0 Å². The summed E-state index contributed by atoms with van der Waals surface area (Å²) in [5.41, 5.74) is 1.01. The van der Waals surface area contributed by atoms with Crippen molar-refractivity contribution in [3.05, 3.63) is 35.9 Å². The van der Waals surface area contributed by atoms with Crippen LogP contribution in [0.5, 0.6) is 0 Å². The quantitative estimate of drug-likeness (QED) is 0.832. The number of nitrogens with one attached hydrogen (secondary N) is 1. The molecule has 6 heteroatoms. The number of likely N-dealkylation sites (tertiary alicyclic amines) is 1. The zero-order valence-corrected chi connectivity index (χ0v) is 11.8. The van der Waals surface area contributed by atoms with E-state index in [1.54, 1.807) is 4.90 Å². The number of carboxylic acid groups (broad SMARTS) is 1. The van der Waals surface area contributed by atoms with Crippen molar-refractivity contribution < 1.29 is 19.5 Å². The van der Waals surface area contributed by atoms with Crippen LogP contribution in [0, 0.1) is 5.92 Å². The summed E-state index contributed by atoms with van der Waals surface area (Å²) >= 11 is 0. The predicted octanol–water partition coefficient (Wildman–Crippen LogP) is 0.624. The molecule has 112 valence electrons. The molecule has 0 aromatic heterocycles. The fourth-order valence-electron chi connectivity index (χ4n) is 2.30. The minimum absolute atomic E-state index is 0.0815. The van der Waals surface area contributed by atoms with E-state index in [2.05, 4.69) is 5.32 Å². The topological polar surface area (TPSA) is 86.7 Å². The van der Waals surface area contributed by atoms with E-state index in [-0.39, 0.29) is 18.2 Å². The maximum atomic E-state index is 12.0. The fraction of sp³-hybridized carbons (Fsp3) is 0.400. The van der Waals surface area contributed by atoms with Gasteiger partial charge in [0.25, 0.3) is 0 Å². The summed E-state index contributed by atoms with van der Waals surface area (Å²) in [5.74, 6) is -2.03. The normalized spacial score (nSPS) is 19.4. The number of carbonyl (C=O) groups is 3. The first-order chi connectivity index (χ1) is 9.97. The van der Waals surface area contributed by atoms with Crippen LogP contribution in [0.4, 0.5) is 0 Å². The van der Waals surface area contributed by atoms with Gasteiger partial charge in [0, 0.05) is 19.5 Å². The van der Waals surface area contributed by atoms with E-state index >= 15 is 0 Å². The van der Waals surface area contributed by atoms with E-state index in [0.717, 1.165) is 5.56 Å². The highest BCUT2D eigenvalue weighted by Crippen LogP contribution is 2.20. The summed E-state index contributed by atoms with van der Waals surface area (Å²) in [4.78, 5) is 36.3. The minimum atomic E-state index is -1.09. The first kappa shape index (κ1) is 15.0. The lowest BCUT2D eigenvalue weighted by molar-refractivity contribution is -0.141. The average molecular weight is 290 g/mol. The lowest BCUT2D eigenvalue weighted by atomic mass is 10.1. The maximum absolute atomic E-state index is 12.0. The lowest BCUT2D eigenvalue weighted by Crippen LogP contribution is -2.42. The molecule has 0 aliphatic carbocycles. The number of carboxylic acids is 1. The molecule has 0 saturated carbocycles. The van der Waals surface area contributed by atoms with Crippen LogP contribution < -0.4 is 5.32 Å². The van der Waals surface area contributed by atoms with Gasteiger partial charge in [-0.1, -0.05) is 30.3 Å². The molecule has 0 spiro atoms. The summed E-state index contributed by atoms with van der Waals surface area (Å²) in [7, 11) is 0. The number of nitrogens with zero attached hydrogens (tertiary/aromatic N) is 1. The van der Waals surface area contributed by atoms with Crippen LogP contribution in [0.3, 0.4) is 0 Å². The molecule has 2 atom stereocenters. The summed E-state index contributed by atoms with van der Waals surface area (Å²) in [6, 6.07) is 8.60. The molecule has 1 fully saturated rings. The first-order valence-corrected chi connectivity index (χ1v) is 6.82. The maximum Gasteiger partial charge on any atom is 0.325 e. The molecule has 0 radical (unpaired) electrons. The van der Waals surface area contributed by atoms with E-state index in [1.165, 1.54) is 6.92 Å². The Kier molecular flexibility index (Phi) is 4.57. The van der Waals surface area contributed by atoms with Gasteiger partial charge >= 0.3 is 5.97 Å². The third-order valence-electron chi connectivity index (χ3n) is 3.53. The molecule has 1 aliphatic heterocycles. The zero-order chi connectivity index (χ0) is 15.4. The molecule has 1 aliphatic rings. The Hall–Kier alpha value is -2.37. The molecule has 2 amide bonds. The van der Waals surface area contributed by atoms with Gasteiger partial charge in [-0.05, 0) is 12.5 Å². The second-order valence-electron chi connectivity index (χ2n) is 5.23. The summed E-state index contributed by atoms with van der Waals surface area (Å²) in [6.07, 6.45) is 0.130. The largest absolute Gasteiger partial charge is 0.480 e. The van der Waals surface area contributed by atoms with Crippen LogP contribution in [-0.4, -0.2) is 40.4 Å². The Bertz CT molecular complexity index is 544. The van der Waals surface area contributed by atoms with Crippen LogP contribution in [-0.2, 0) is 20.9 Å². The number of benzene rings is 1. The van der Waals surface area contributed by atoms with Crippen molar-refractivity contribution in [2.75, 3.05) is 6.54 Å². The lowest BCUT2D eigenvalue weighted by Gasteiger charge is -2.17. The highest BCUT2D eigenvalue weighted by Gasteiger charge is 2.35. The molecular weight excluding hydrogens is 272 g/mol. The van der Waals surface area contributed by atoms with E-state index in [9.17, 15) is 14.4 Å². The number of hydrogen-bond acceptors (Lipinski definition) is 3. The van der Waals surface area contributed by atoms with E-state index in [1.807, 2.05) is 30.3 Å². The van der Waals surface area contributed by atoms with Gasteiger partial charge in [0.1, 0.15) is 6.04 Å². The molecule has 1 aromatic rings. The smallest absolute Gasteiger partial charge is 0.325 e. The molecule has 0 bridgehead atoms. The Morgan fingerprint density at radius 1 is 1.38 bits per heavy atom. The van der Waals surface area contributed by atoms with E-state index in [4.69, 9.17) is 5.11 Å². The molecule has 1 aromatic carbocycles. The van der Waals surface area contributed by atoms with E-state index in [0.29, 0.717) is 13.1 Å². The molecule has 1 heterocycles. The van der Waals surface area contributed by atoms with Gasteiger partial charge in [-0.15, -0.1) is 0 Å². The van der Waals surface area contributed by atoms with Crippen molar-refractivity contribution in [3.63, 3.8) is 0 Å². The summed E-state index contributed by atoms with van der Waals surface area (Å²) < 4.78 is 0. The standard InChI is InChI=1S/C15H18N2O4/c1-10(15(20)21)16-14(19)12-7-13(18)17(9-12)8-11-5-3-2-4-6-11/h2-6,10,12H,7-9H2,1H3,(H,16,19)(H,20,21). The van der Waals surface area contributed by atoms with Gasteiger partial charge in [0.05, 0.1) is 5.92 Å². The third kappa shape index (κ3) is 3.81. The molecule has 21 heavy (non-hydrogen) atoms. The molecular formula is C15H18N2O4. The van der Waals surface area contributed by atoms with Crippen molar-refractivity contribution in [2.45, 2.75) is 25.9 Å². The number of hydrogen-bond donors (Lipinski definition) is 2. The Morgan fingerprint density at radius 2 is 2.05 bits per heavy atom. The second-order valence-corrected chi connectivity index (χ2v) is 5.23.